The Labute approximate surface area is 395 Å². The van der Waals surface area contributed by atoms with Gasteiger partial charge in [0.2, 0.25) is 0 Å². The summed E-state index contributed by atoms with van der Waals surface area (Å²) in [5.41, 5.74) is 0. The summed E-state index contributed by atoms with van der Waals surface area (Å²) in [6, 6.07) is 0. The maximum Gasteiger partial charge on any atom is 0.306 e. The van der Waals surface area contributed by atoms with E-state index in [2.05, 4.69) is 106 Å². The highest BCUT2D eigenvalue weighted by Crippen LogP contribution is 2.14. The summed E-state index contributed by atoms with van der Waals surface area (Å²) in [5.74, 6) is -0.924. The van der Waals surface area contributed by atoms with Crippen molar-refractivity contribution >= 4 is 17.9 Å². The molecule has 6 heteroatoms. The van der Waals surface area contributed by atoms with Crippen molar-refractivity contribution in [2.75, 3.05) is 13.2 Å². The lowest BCUT2D eigenvalue weighted by atomic mass is 10.1. The molecule has 0 bridgehead atoms. The van der Waals surface area contributed by atoms with E-state index in [-0.39, 0.29) is 31.1 Å². The molecule has 366 valence electrons. The molecule has 0 spiro atoms. The summed E-state index contributed by atoms with van der Waals surface area (Å²) in [6.07, 6.45) is 67.3. The molecule has 6 nitrogen and oxygen atoms in total. The van der Waals surface area contributed by atoms with Crippen LogP contribution in [0.4, 0.5) is 0 Å². The fraction of sp³-hybridized carbons (Fsp3) is 0.707. The van der Waals surface area contributed by atoms with Crippen molar-refractivity contribution in [3.05, 3.63) is 85.1 Å². The molecule has 0 aliphatic heterocycles. The van der Waals surface area contributed by atoms with Crippen LogP contribution in [0.3, 0.4) is 0 Å². The number of ether oxygens (including phenoxy) is 3. The van der Waals surface area contributed by atoms with Gasteiger partial charge < -0.3 is 14.2 Å². The molecule has 0 aromatic carbocycles. The van der Waals surface area contributed by atoms with E-state index in [0.717, 1.165) is 116 Å². The van der Waals surface area contributed by atoms with Crippen LogP contribution in [0.15, 0.2) is 85.1 Å². The van der Waals surface area contributed by atoms with E-state index >= 15 is 0 Å². The Kier molecular flexibility index (Phi) is 49.4. The molecule has 0 aliphatic rings. The monoisotopic (exact) mass is 891 g/mol. The smallest absolute Gasteiger partial charge is 0.306 e. The summed E-state index contributed by atoms with van der Waals surface area (Å²) in [4.78, 5) is 37.8. The standard InChI is InChI=1S/C58H98O6/c1-4-7-10-13-16-18-20-22-24-26-28-29-31-32-34-36-38-40-42-45-48-51-57(60)63-54-55(53-62-56(59)50-47-44-15-12-9-6-3)64-58(61)52-49-46-43-41-39-37-35-33-30-27-25-23-21-19-17-14-11-8-5-2/h8,11,17,19-20,22-23,25-26,28,30-33,55H,4-7,9-10,12-16,18,21,24,27,29,34-54H2,1-3H3/b11-8-,19-17-,22-20-,25-23-,28-26-,32-31-,33-30-. The number of rotatable bonds is 47. The second-order valence-corrected chi connectivity index (χ2v) is 17.4. The van der Waals surface area contributed by atoms with E-state index in [1.54, 1.807) is 0 Å². The zero-order valence-corrected chi connectivity index (χ0v) is 41.8. The van der Waals surface area contributed by atoms with Crippen molar-refractivity contribution in [3.63, 3.8) is 0 Å². The molecule has 0 saturated heterocycles. The predicted molar refractivity (Wildman–Crippen MR) is 274 cm³/mol. The quantitative estimate of drug-likeness (QED) is 0.0262. The van der Waals surface area contributed by atoms with Gasteiger partial charge in [-0.25, -0.2) is 0 Å². The first kappa shape index (κ1) is 60.6. The van der Waals surface area contributed by atoms with E-state index in [1.807, 2.05) is 0 Å². The molecule has 0 heterocycles. The zero-order valence-electron chi connectivity index (χ0n) is 41.8. The number of unbranched alkanes of at least 4 members (excludes halogenated alkanes) is 22. The molecule has 0 N–H and O–H groups in total. The summed E-state index contributed by atoms with van der Waals surface area (Å²) in [7, 11) is 0. The maximum absolute atomic E-state index is 12.8. The fourth-order valence-electron chi connectivity index (χ4n) is 7.15. The Hall–Kier alpha value is -3.41. The van der Waals surface area contributed by atoms with Crippen LogP contribution in [-0.2, 0) is 28.6 Å². The van der Waals surface area contributed by atoms with Gasteiger partial charge in [-0.15, -0.1) is 0 Å². The second kappa shape index (κ2) is 52.2. The summed E-state index contributed by atoms with van der Waals surface area (Å²) in [6.45, 7) is 6.43. The lowest BCUT2D eigenvalue weighted by molar-refractivity contribution is -0.167. The van der Waals surface area contributed by atoms with Crippen molar-refractivity contribution < 1.29 is 28.6 Å². The SMILES string of the molecule is CC/C=C\C/C=C\C/C=C\C/C=C\CCCCCCCCC(=O)OC(COC(=O)CCCCCCCC)COC(=O)CCCCCCCC/C=C\C/C=C\C/C=C\CCCCCCC. The lowest BCUT2D eigenvalue weighted by Crippen LogP contribution is -2.30. The van der Waals surface area contributed by atoms with Crippen LogP contribution in [0, 0.1) is 0 Å². The molecule has 1 unspecified atom stereocenters. The maximum atomic E-state index is 12.8. The summed E-state index contributed by atoms with van der Waals surface area (Å²) < 4.78 is 16.7. The van der Waals surface area contributed by atoms with Crippen LogP contribution < -0.4 is 0 Å². The molecule has 0 aliphatic carbocycles. The third-order valence-corrected chi connectivity index (χ3v) is 11.1. The average molecular weight is 891 g/mol. The van der Waals surface area contributed by atoms with Crippen molar-refractivity contribution in [2.45, 2.75) is 252 Å². The Morgan fingerprint density at radius 2 is 0.609 bits per heavy atom. The van der Waals surface area contributed by atoms with Crippen LogP contribution in [0.2, 0.25) is 0 Å². The molecule has 1 atom stereocenters. The molecule has 64 heavy (non-hydrogen) atoms. The van der Waals surface area contributed by atoms with Gasteiger partial charge in [0.1, 0.15) is 13.2 Å². The molecule has 0 amide bonds. The van der Waals surface area contributed by atoms with Crippen LogP contribution in [0.1, 0.15) is 245 Å². The average Bonchev–Trinajstić information content (AvgIpc) is 3.29. The molecule has 0 fully saturated rings. The van der Waals surface area contributed by atoms with E-state index in [9.17, 15) is 14.4 Å². The number of carbonyl (C=O) groups is 3. The largest absolute Gasteiger partial charge is 0.462 e. The van der Waals surface area contributed by atoms with Crippen LogP contribution in [0.5, 0.6) is 0 Å². The highest BCUT2D eigenvalue weighted by molar-refractivity contribution is 5.71. The van der Waals surface area contributed by atoms with Crippen LogP contribution in [-0.4, -0.2) is 37.2 Å². The Bertz CT molecular complexity index is 1250. The third kappa shape index (κ3) is 49.6. The topological polar surface area (TPSA) is 78.9 Å². The highest BCUT2D eigenvalue weighted by Gasteiger charge is 2.19. The lowest BCUT2D eigenvalue weighted by Gasteiger charge is -2.18. The number of carbonyl (C=O) groups excluding carboxylic acids is 3. The number of hydrogen-bond acceptors (Lipinski definition) is 6. The van der Waals surface area contributed by atoms with E-state index in [4.69, 9.17) is 14.2 Å². The second-order valence-electron chi connectivity index (χ2n) is 17.4. The van der Waals surface area contributed by atoms with E-state index in [0.29, 0.717) is 19.3 Å². The Balaban J connectivity index is 4.26. The van der Waals surface area contributed by atoms with Gasteiger partial charge in [0.15, 0.2) is 6.10 Å². The third-order valence-electron chi connectivity index (χ3n) is 11.1. The molecule has 0 rings (SSSR count). The van der Waals surface area contributed by atoms with E-state index in [1.165, 1.54) is 89.9 Å². The van der Waals surface area contributed by atoms with E-state index < -0.39 is 6.10 Å². The fourth-order valence-corrected chi connectivity index (χ4v) is 7.15. The van der Waals surface area contributed by atoms with Crippen LogP contribution >= 0.6 is 0 Å². The summed E-state index contributed by atoms with van der Waals surface area (Å²) in [5, 5.41) is 0. The minimum Gasteiger partial charge on any atom is -0.462 e. The minimum absolute atomic E-state index is 0.0875. The van der Waals surface area contributed by atoms with Gasteiger partial charge in [-0.05, 0) is 96.3 Å². The molecular formula is C58H98O6. The Morgan fingerprint density at radius 1 is 0.328 bits per heavy atom. The molecule has 0 aromatic heterocycles. The number of esters is 3. The first-order valence-electron chi connectivity index (χ1n) is 26.6. The van der Waals surface area contributed by atoms with Gasteiger partial charge in [0.05, 0.1) is 0 Å². The number of allylic oxidation sites excluding steroid dienone is 14. The Morgan fingerprint density at radius 3 is 0.953 bits per heavy atom. The molecular weight excluding hydrogens is 793 g/mol. The normalized spacial score (nSPS) is 12.7. The van der Waals surface area contributed by atoms with Crippen LogP contribution in [0.25, 0.3) is 0 Å². The van der Waals surface area contributed by atoms with Gasteiger partial charge in [-0.3, -0.25) is 14.4 Å². The van der Waals surface area contributed by atoms with Crippen molar-refractivity contribution in [1.29, 1.82) is 0 Å². The van der Waals surface area contributed by atoms with Gasteiger partial charge in [0, 0.05) is 19.3 Å². The molecule has 0 aromatic rings. The van der Waals surface area contributed by atoms with Crippen molar-refractivity contribution in [2.24, 2.45) is 0 Å². The predicted octanol–water partition coefficient (Wildman–Crippen LogP) is 17.6. The van der Waals surface area contributed by atoms with Gasteiger partial charge in [0.25, 0.3) is 0 Å². The molecule has 0 radical (unpaired) electrons. The highest BCUT2D eigenvalue weighted by atomic mass is 16.6. The first-order valence-corrected chi connectivity index (χ1v) is 26.6. The zero-order chi connectivity index (χ0) is 46.5. The van der Waals surface area contributed by atoms with Crippen molar-refractivity contribution in [1.82, 2.24) is 0 Å². The molecule has 0 saturated carbocycles. The van der Waals surface area contributed by atoms with Gasteiger partial charge in [-0.2, -0.15) is 0 Å². The minimum atomic E-state index is -0.787. The van der Waals surface area contributed by atoms with Gasteiger partial charge >= 0.3 is 17.9 Å². The first-order chi connectivity index (χ1) is 31.5. The van der Waals surface area contributed by atoms with Crippen molar-refractivity contribution in [3.8, 4) is 0 Å². The van der Waals surface area contributed by atoms with Gasteiger partial charge in [-0.1, -0.05) is 215 Å². The number of hydrogen-bond donors (Lipinski definition) is 0. The summed E-state index contributed by atoms with van der Waals surface area (Å²) >= 11 is 0.